The first-order chi connectivity index (χ1) is 12.2. The van der Waals surface area contributed by atoms with E-state index in [1.165, 1.54) is 12.8 Å². The molecule has 2 heterocycles. The van der Waals surface area contributed by atoms with Gasteiger partial charge in [-0.15, -0.1) is 0 Å². The number of hydrogen-bond acceptors (Lipinski definition) is 5. The first kappa shape index (κ1) is 16.1. The summed E-state index contributed by atoms with van der Waals surface area (Å²) in [5.41, 5.74) is 2.25. The Morgan fingerprint density at radius 1 is 1.36 bits per heavy atom. The molecule has 3 aromatic rings. The second kappa shape index (κ2) is 6.52. The van der Waals surface area contributed by atoms with Gasteiger partial charge in [-0.05, 0) is 30.5 Å². The lowest BCUT2D eigenvalue weighted by molar-refractivity contribution is 0.415. The zero-order valence-corrected chi connectivity index (χ0v) is 14.6. The van der Waals surface area contributed by atoms with Gasteiger partial charge >= 0.3 is 0 Å². The van der Waals surface area contributed by atoms with E-state index < -0.39 is 0 Å². The molecule has 0 spiro atoms. The number of benzene rings is 1. The summed E-state index contributed by atoms with van der Waals surface area (Å²) in [5, 5.41) is 4.66. The van der Waals surface area contributed by atoms with E-state index in [1.807, 2.05) is 12.1 Å². The Hall–Kier alpha value is -2.34. The van der Waals surface area contributed by atoms with Gasteiger partial charge < -0.3 is 14.2 Å². The van der Waals surface area contributed by atoms with Crippen LogP contribution in [0.15, 0.2) is 27.5 Å². The molecule has 0 amide bonds. The third-order valence-corrected chi connectivity index (χ3v) is 5.03. The summed E-state index contributed by atoms with van der Waals surface area (Å²) in [6, 6.07) is 5.52. The molecule has 1 fully saturated rings. The van der Waals surface area contributed by atoms with E-state index in [1.54, 1.807) is 13.2 Å². The van der Waals surface area contributed by atoms with Crippen molar-refractivity contribution < 1.29 is 9.26 Å². The zero-order chi connectivity index (χ0) is 17.4. The van der Waals surface area contributed by atoms with Crippen LogP contribution in [0.4, 0.5) is 0 Å². The van der Waals surface area contributed by atoms with E-state index >= 15 is 0 Å². The molecule has 2 aromatic heterocycles. The molecule has 130 valence electrons. The van der Waals surface area contributed by atoms with E-state index in [-0.39, 0.29) is 11.1 Å². The number of nitrogens with one attached hydrogen (secondary N) is 1. The predicted molar refractivity (Wildman–Crippen MR) is 94.4 cm³/mol. The second-order valence-electron chi connectivity index (χ2n) is 6.39. The van der Waals surface area contributed by atoms with Gasteiger partial charge in [0.15, 0.2) is 0 Å². The second-order valence-corrected chi connectivity index (χ2v) is 6.79. The highest BCUT2D eigenvalue weighted by molar-refractivity contribution is 6.32. The Morgan fingerprint density at radius 3 is 2.88 bits per heavy atom. The maximum atomic E-state index is 12.3. The van der Waals surface area contributed by atoms with Crippen molar-refractivity contribution in [1.29, 1.82) is 0 Å². The third-order valence-electron chi connectivity index (χ3n) is 4.73. The van der Waals surface area contributed by atoms with Gasteiger partial charge in [-0.2, -0.15) is 0 Å². The molecule has 25 heavy (non-hydrogen) atoms. The number of H-pyrrole nitrogens is 1. The number of aromatic nitrogens is 3. The Bertz CT molecular complexity index is 973. The van der Waals surface area contributed by atoms with Crippen molar-refractivity contribution in [2.24, 2.45) is 0 Å². The molecule has 6 nitrogen and oxygen atoms in total. The van der Waals surface area contributed by atoms with Crippen LogP contribution >= 0.6 is 11.6 Å². The van der Waals surface area contributed by atoms with Crippen LogP contribution < -0.4 is 10.3 Å². The molecule has 0 unspecified atom stereocenters. The van der Waals surface area contributed by atoms with E-state index in [0.717, 1.165) is 24.1 Å². The average Bonchev–Trinajstić information content (AvgIpc) is 3.24. The van der Waals surface area contributed by atoms with Crippen molar-refractivity contribution in [3.8, 4) is 5.75 Å². The largest absolute Gasteiger partial charge is 0.495 e. The third kappa shape index (κ3) is 3.02. The molecular weight excluding hydrogens is 342 g/mol. The van der Waals surface area contributed by atoms with Crippen LogP contribution in [-0.4, -0.2) is 22.2 Å². The SMILES string of the molecule is COc1ccc(Cc2nc3c(C4CCCC4)noc3c(=O)[nH]2)cc1Cl. The molecule has 0 saturated heterocycles. The summed E-state index contributed by atoms with van der Waals surface area (Å²) < 4.78 is 10.4. The molecular formula is C18H18ClN3O3. The number of methoxy groups -OCH3 is 1. The number of hydrogen-bond donors (Lipinski definition) is 1. The fraction of sp³-hybridized carbons (Fsp3) is 0.389. The standard InChI is InChI=1S/C18H18ClN3O3/c1-24-13-7-6-10(8-12(13)19)9-14-20-16-15(11-4-2-3-5-11)22-25-17(16)18(23)21-14/h6-8,11H,2-5,9H2,1H3,(H,20,21,23). The zero-order valence-electron chi connectivity index (χ0n) is 13.8. The fourth-order valence-electron chi connectivity index (χ4n) is 3.47. The summed E-state index contributed by atoms with van der Waals surface area (Å²) in [5.74, 6) is 1.52. The normalized spacial score (nSPS) is 15.1. The lowest BCUT2D eigenvalue weighted by Crippen LogP contribution is -2.12. The summed E-state index contributed by atoms with van der Waals surface area (Å²) in [6.07, 6.45) is 4.96. The highest BCUT2D eigenvalue weighted by Crippen LogP contribution is 2.35. The molecule has 0 radical (unpaired) electrons. The van der Waals surface area contributed by atoms with Crippen LogP contribution in [0.2, 0.25) is 5.02 Å². The van der Waals surface area contributed by atoms with Crippen LogP contribution in [0.3, 0.4) is 0 Å². The van der Waals surface area contributed by atoms with Crippen LogP contribution in [0.5, 0.6) is 5.75 Å². The maximum Gasteiger partial charge on any atom is 0.297 e. The highest BCUT2D eigenvalue weighted by Gasteiger charge is 2.25. The Morgan fingerprint density at radius 2 is 2.16 bits per heavy atom. The van der Waals surface area contributed by atoms with Gasteiger partial charge in [0.2, 0.25) is 5.58 Å². The summed E-state index contributed by atoms with van der Waals surface area (Å²) >= 11 is 6.17. The van der Waals surface area contributed by atoms with Gasteiger partial charge in [0.05, 0.1) is 12.1 Å². The summed E-state index contributed by atoms with van der Waals surface area (Å²) in [7, 11) is 1.57. The quantitative estimate of drug-likeness (QED) is 0.765. The van der Waals surface area contributed by atoms with Crippen LogP contribution in [0, 0.1) is 0 Å². The summed E-state index contributed by atoms with van der Waals surface area (Å²) in [6.45, 7) is 0. The number of fused-ring (bicyclic) bond motifs is 1. The molecule has 1 aliphatic rings. The molecule has 0 aliphatic heterocycles. The molecule has 1 N–H and O–H groups in total. The van der Waals surface area contributed by atoms with Gasteiger partial charge in [-0.3, -0.25) is 4.79 Å². The number of aromatic amines is 1. The monoisotopic (exact) mass is 359 g/mol. The van der Waals surface area contributed by atoms with Crippen molar-refractivity contribution >= 4 is 22.7 Å². The minimum atomic E-state index is -0.295. The Labute approximate surface area is 149 Å². The highest BCUT2D eigenvalue weighted by atomic mass is 35.5. The fourth-order valence-corrected chi connectivity index (χ4v) is 3.75. The molecule has 0 bridgehead atoms. The van der Waals surface area contributed by atoms with Gasteiger partial charge in [0.1, 0.15) is 22.8 Å². The molecule has 1 saturated carbocycles. The molecule has 1 aliphatic carbocycles. The van der Waals surface area contributed by atoms with E-state index in [4.69, 9.17) is 20.9 Å². The number of ether oxygens (including phenoxy) is 1. The molecule has 0 atom stereocenters. The predicted octanol–water partition coefficient (Wildman–Crippen LogP) is 3.82. The minimum Gasteiger partial charge on any atom is -0.495 e. The van der Waals surface area contributed by atoms with Crippen molar-refractivity contribution in [2.45, 2.75) is 38.0 Å². The molecule has 7 heteroatoms. The van der Waals surface area contributed by atoms with Crippen molar-refractivity contribution in [2.75, 3.05) is 7.11 Å². The topological polar surface area (TPSA) is 81.0 Å². The van der Waals surface area contributed by atoms with Gasteiger partial charge in [-0.1, -0.05) is 35.7 Å². The van der Waals surface area contributed by atoms with Crippen LogP contribution in [-0.2, 0) is 6.42 Å². The van der Waals surface area contributed by atoms with E-state index in [0.29, 0.717) is 34.5 Å². The maximum absolute atomic E-state index is 12.3. The van der Waals surface area contributed by atoms with Crippen molar-refractivity contribution in [1.82, 2.24) is 15.1 Å². The van der Waals surface area contributed by atoms with Gasteiger partial charge in [-0.25, -0.2) is 4.98 Å². The number of nitrogens with zero attached hydrogens (tertiary/aromatic N) is 2. The Kier molecular flexibility index (Phi) is 4.21. The lowest BCUT2D eigenvalue weighted by Gasteiger charge is -2.07. The Balaban J connectivity index is 1.71. The van der Waals surface area contributed by atoms with Crippen LogP contribution in [0.1, 0.15) is 48.7 Å². The minimum absolute atomic E-state index is 0.207. The van der Waals surface area contributed by atoms with Crippen molar-refractivity contribution in [3.05, 3.63) is 50.7 Å². The van der Waals surface area contributed by atoms with Crippen LogP contribution in [0.25, 0.3) is 11.1 Å². The van der Waals surface area contributed by atoms with Gasteiger partial charge in [0, 0.05) is 12.3 Å². The van der Waals surface area contributed by atoms with E-state index in [2.05, 4.69) is 15.1 Å². The average molecular weight is 360 g/mol. The first-order valence-electron chi connectivity index (χ1n) is 8.36. The summed E-state index contributed by atoms with van der Waals surface area (Å²) in [4.78, 5) is 19.7. The first-order valence-corrected chi connectivity index (χ1v) is 8.74. The van der Waals surface area contributed by atoms with Gasteiger partial charge in [0.25, 0.3) is 5.56 Å². The molecule has 1 aromatic carbocycles. The number of halogens is 1. The lowest BCUT2D eigenvalue weighted by atomic mass is 10.0. The molecule has 4 rings (SSSR count). The van der Waals surface area contributed by atoms with Crippen molar-refractivity contribution in [3.63, 3.8) is 0 Å². The van der Waals surface area contributed by atoms with E-state index in [9.17, 15) is 4.79 Å². The number of rotatable bonds is 4. The smallest absolute Gasteiger partial charge is 0.297 e.